The van der Waals surface area contributed by atoms with Crippen LogP contribution in [-0.2, 0) is 28.6 Å². The van der Waals surface area contributed by atoms with Gasteiger partial charge in [0, 0.05) is 24.1 Å². The van der Waals surface area contributed by atoms with Gasteiger partial charge in [-0.05, 0) is 12.8 Å². The summed E-state index contributed by atoms with van der Waals surface area (Å²) in [6, 6.07) is 0. The molecule has 0 aromatic carbocycles. The van der Waals surface area contributed by atoms with Crippen molar-refractivity contribution >= 4 is 17.9 Å². The molecule has 24 heavy (non-hydrogen) atoms. The molecule has 0 aromatic rings. The first-order valence-corrected chi connectivity index (χ1v) is 7.91. The summed E-state index contributed by atoms with van der Waals surface area (Å²) >= 11 is 0. The van der Waals surface area contributed by atoms with E-state index in [4.69, 9.17) is 14.2 Å². The van der Waals surface area contributed by atoms with E-state index in [1.165, 1.54) is 0 Å². The van der Waals surface area contributed by atoms with Crippen LogP contribution in [0.1, 0.15) is 32.1 Å². The molecule has 0 unspecified atom stereocenters. The van der Waals surface area contributed by atoms with E-state index < -0.39 is 17.9 Å². The first kappa shape index (κ1) is 21.6. The second kappa shape index (κ2) is 14.2. The highest BCUT2D eigenvalue weighted by Gasteiger charge is 2.13. The standard InChI is InChI=1S/C18H26O6/c1-4-16(19)22-12-10-8-7-9-11-15(13-23-17(20)5-2)14-24-18(21)6-3/h4-6,15H,1-3,7-14H2. The molecule has 0 aliphatic carbocycles. The normalized spacial score (nSPS) is 9.88. The van der Waals surface area contributed by atoms with E-state index in [-0.39, 0.29) is 19.1 Å². The van der Waals surface area contributed by atoms with Gasteiger partial charge in [0.05, 0.1) is 19.8 Å². The maximum absolute atomic E-state index is 11.1. The van der Waals surface area contributed by atoms with Crippen LogP contribution in [0, 0.1) is 5.92 Å². The summed E-state index contributed by atoms with van der Waals surface area (Å²) in [5.41, 5.74) is 0. The Kier molecular flexibility index (Phi) is 12.8. The number of unbranched alkanes of at least 4 members (excludes halogenated alkanes) is 3. The fourth-order valence-corrected chi connectivity index (χ4v) is 1.85. The number of hydrogen-bond donors (Lipinski definition) is 0. The van der Waals surface area contributed by atoms with Gasteiger partial charge in [0.1, 0.15) is 0 Å². The lowest BCUT2D eigenvalue weighted by Crippen LogP contribution is -2.20. The van der Waals surface area contributed by atoms with E-state index in [2.05, 4.69) is 19.7 Å². The minimum atomic E-state index is -0.501. The molecule has 0 aliphatic rings. The maximum atomic E-state index is 11.1. The molecule has 0 saturated heterocycles. The number of carbonyl (C=O) groups excluding carboxylic acids is 3. The Morgan fingerprint density at radius 3 is 1.67 bits per heavy atom. The van der Waals surface area contributed by atoms with E-state index in [1.807, 2.05) is 0 Å². The third-order valence-corrected chi connectivity index (χ3v) is 3.17. The molecule has 6 heteroatoms. The first-order valence-electron chi connectivity index (χ1n) is 7.91. The Morgan fingerprint density at radius 2 is 1.17 bits per heavy atom. The quantitative estimate of drug-likeness (QED) is 0.210. The van der Waals surface area contributed by atoms with Crippen LogP contribution >= 0.6 is 0 Å². The highest BCUT2D eigenvalue weighted by atomic mass is 16.5. The minimum absolute atomic E-state index is 0.0728. The van der Waals surface area contributed by atoms with Crippen LogP contribution in [0.4, 0.5) is 0 Å². The van der Waals surface area contributed by atoms with Crippen molar-refractivity contribution in [3.8, 4) is 0 Å². The van der Waals surface area contributed by atoms with Crippen molar-refractivity contribution in [3.05, 3.63) is 38.0 Å². The average Bonchev–Trinajstić information content (AvgIpc) is 2.61. The van der Waals surface area contributed by atoms with Crippen molar-refractivity contribution in [3.63, 3.8) is 0 Å². The molecule has 0 spiro atoms. The largest absolute Gasteiger partial charge is 0.463 e. The van der Waals surface area contributed by atoms with Gasteiger partial charge in [0.15, 0.2) is 0 Å². The minimum Gasteiger partial charge on any atom is -0.463 e. The lowest BCUT2D eigenvalue weighted by atomic mass is 10.0. The van der Waals surface area contributed by atoms with Crippen LogP contribution < -0.4 is 0 Å². The van der Waals surface area contributed by atoms with Gasteiger partial charge in [-0.2, -0.15) is 0 Å². The second-order valence-corrected chi connectivity index (χ2v) is 5.11. The van der Waals surface area contributed by atoms with Crippen LogP contribution in [0.15, 0.2) is 38.0 Å². The molecular weight excluding hydrogens is 312 g/mol. The van der Waals surface area contributed by atoms with E-state index in [0.29, 0.717) is 6.61 Å². The third kappa shape index (κ3) is 12.2. The summed E-state index contributed by atoms with van der Waals surface area (Å²) in [5.74, 6) is -1.49. The smallest absolute Gasteiger partial charge is 0.330 e. The number of ether oxygens (including phenoxy) is 3. The Bertz CT molecular complexity index is 417. The van der Waals surface area contributed by atoms with Crippen molar-refractivity contribution in [1.29, 1.82) is 0 Å². The zero-order valence-electron chi connectivity index (χ0n) is 14.0. The van der Waals surface area contributed by atoms with Crippen LogP contribution in [0.25, 0.3) is 0 Å². The van der Waals surface area contributed by atoms with Gasteiger partial charge in [-0.1, -0.05) is 39.0 Å². The van der Waals surface area contributed by atoms with E-state index in [9.17, 15) is 14.4 Å². The first-order chi connectivity index (χ1) is 11.5. The molecule has 0 aliphatic heterocycles. The summed E-state index contributed by atoms with van der Waals surface area (Å²) < 4.78 is 14.9. The van der Waals surface area contributed by atoms with Gasteiger partial charge in [-0.3, -0.25) is 0 Å². The van der Waals surface area contributed by atoms with Gasteiger partial charge in [0.2, 0.25) is 0 Å². The van der Waals surface area contributed by atoms with Gasteiger partial charge >= 0.3 is 17.9 Å². The number of esters is 3. The molecule has 0 atom stereocenters. The molecule has 0 saturated carbocycles. The molecular formula is C18H26O6. The zero-order chi connectivity index (χ0) is 18.2. The second-order valence-electron chi connectivity index (χ2n) is 5.11. The van der Waals surface area contributed by atoms with Crippen molar-refractivity contribution in [1.82, 2.24) is 0 Å². The summed E-state index contributed by atoms with van der Waals surface area (Å²) in [6.07, 6.45) is 7.59. The predicted molar refractivity (Wildman–Crippen MR) is 90.0 cm³/mol. The lowest BCUT2D eigenvalue weighted by molar-refractivity contribution is -0.143. The summed E-state index contributed by atoms with van der Waals surface area (Å²) in [5, 5.41) is 0. The molecule has 0 N–H and O–H groups in total. The Morgan fingerprint density at radius 1 is 0.708 bits per heavy atom. The lowest BCUT2D eigenvalue weighted by Gasteiger charge is -2.16. The van der Waals surface area contributed by atoms with E-state index in [1.54, 1.807) is 0 Å². The van der Waals surface area contributed by atoms with Gasteiger partial charge in [-0.25, -0.2) is 14.4 Å². The SMILES string of the molecule is C=CC(=O)OCCCCCCC(COC(=O)C=C)COC(=O)C=C. The topological polar surface area (TPSA) is 78.9 Å². The molecule has 134 valence electrons. The number of carbonyl (C=O) groups is 3. The maximum Gasteiger partial charge on any atom is 0.330 e. The van der Waals surface area contributed by atoms with E-state index >= 15 is 0 Å². The van der Waals surface area contributed by atoms with Crippen LogP contribution in [0.3, 0.4) is 0 Å². The highest BCUT2D eigenvalue weighted by molar-refractivity contribution is 5.81. The Balaban J connectivity index is 3.97. The summed E-state index contributed by atoms with van der Waals surface area (Å²) in [6.45, 7) is 10.7. The van der Waals surface area contributed by atoms with Crippen molar-refractivity contribution < 1.29 is 28.6 Å². The summed E-state index contributed by atoms with van der Waals surface area (Å²) in [7, 11) is 0. The van der Waals surface area contributed by atoms with E-state index in [0.717, 1.165) is 50.3 Å². The Labute approximate surface area is 143 Å². The molecule has 0 radical (unpaired) electrons. The monoisotopic (exact) mass is 338 g/mol. The molecule has 0 fully saturated rings. The molecule has 0 bridgehead atoms. The number of hydrogen-bond acceptors (Lipinski definition) is 6. The van der Waals surface area contributed by atoms with Gasteiger partial charge in [-0.15, -0.1) is 0 Å². The summed E-state index contributed by atoms with van der Waals surface area (Å²) in [4.78, 5) is 33.1. The average molecular weight is 338 g/mol. The zero-order valence-corrected chi connectivity index (χ0v) is 14.0. The highest BCUT2D eigenvalue weighted by Crippen LogP contribution is 2.13. The molecule has 0 heterocycles. The van der Waals surface area contributed by atoms with Crippen molar-refractivity contribution in [2.75, 3.05) is 19.8 Å². The fraction of sp³-hybridized carbons (Fsp3) is 0.500. The van der Waals surface area contributed by atoms with Crippen molar-refractivity contribution in [2.24, 2.45) is 5.92 Å². The molecule has 0 aromatic heterocycles. The van der Waals surface area contributed by atoms with Crippen LogP contribution in [-0.4, -0.2) is 37.7 Å². The Hall–Kier alpha value is -2.37. The molecule has 0 rings (SSSR count). The fourth-order valence-electron chi connectivity index (χ4n) is 1.85. The van der Waals surface area contributed by atoms with Gasteiger partial charge < -0.3 is 14.2 Å². The van der Waals surface area contributed by atoms with Crippen LogP contribution in [0.5, 0.6) is 0 Å². The van der Waals surface area contributed by atoms with Crippen LogP contribution in [0.2, 0.25) is 0 Å². The number of rotatable bonds is 14. The van der Waals surface area contributed by atoms with Crippen molar-refractivity contribution in [2.45, 2.75) is 32.1 Å². The molecule has 0 amide bonds. The third-order valence-electron chi connectivity index (χ3n) is 3.17. The predicted octanol–water partition coefficient (Wildman–Crippen LogP) is 2.74. The molecule has 6 nitrogen and oxygen atoms in total. The van der Waals surface area contributed by atoms with Gasteiger partial charge in [0.25, 0.3) is 0 Å².